The Hall–Kier alpha value is -9.92. The third kappa shape index (κ3) is 9.45. The Bertz CT molecular complexity index is 3650. The third-order valence-electron chi connectivity index (χ3n) is 15.3. The lowest BCUT2D eigenvalue weighted by Gasteiger charge is -2.34. The second-order valence-corrected chi connectivity index (χ2v) is 20.4. The summed E-state index contributed by atoms with van der Waals surface area (Å²) in [5.41, 5.74) is 16.8. The molecule has 0 aliphatic carbocycles. The van der Waals surface area contributed by atoms with Crippen LogP contribution in [0.1, 0.15) is 22.3 Å². The lowest BCUT2D eigenvalue weighted by Crippen LogP contribution is -2.16. The normalized spacial score (nSPS) is 11.2. The Balaban J connectivity index is 1.28. The molecule has 12 rings (SSSR count). The minimum Gasteiger partial charge on any atom is -0.497 e. The highest BCUT2D eigenvalue weighted by Gasteiger charge is 2.29. The first kappa shape index (κ1) is 50.9. The number of ether oxygens (including phenoxy) is 4. The van der Waals surface area contributed by atoms with Gasteiger partial charge in [-0.05, 0) is 185 Å². The van der Waals surface area contributed by atoms with Gasteiger partial charge in [-0.2, -0.15) is 0 Å². The average Bonchev–Trinajstić information content (AvgIpc) is 3.63. The van der Waals surface area contributed by atoms with E-state index in [2.05, 4.69) is 229 Å². The van der Waals surface area contributed by atoms with Crippen LogP contribution in [0.4, 0.5) is 68.2 Å². The van der Waals surface area contributed by atoms with Crippen LogP contribution in [0, 0.1) is 27.7 Å². The molecule has 0 aliphatic rings. The van der Waals surface area contributed by atoms with Gasteiger partial charge in [0.05, 0.1) is 51.2 Å². The van der Waals surface area contributed by atoms with Gasteiger partial charge in [0, 0.05) is 77.8 Å². The van der Waals surface area contributed by atoms with E-state index in [9.17, 15) is 0 Å². The van der Waals surface area contributed by atoms with E-state index in [-0.39, 0.29) is 0 Å². The highest BCUT2D eigenvalue weighted by molar-refractivity contribution is 6.33. The van der Waals surface area contributed by atoms with Gasteiger partial charge >= 0.3 is 0 Å². The first-order valence-corrected chi connectivity index (χ1v) is 26.9. The van der Waals surface area contributed by atoms with Crippen molar-refractivity contribution in [1.29, 1.82) is 0 Å². The van der Waals surface area contributed by atoms with Crippen molar-refractivity contribution in [2.45, 2.75) is 27.7 Å². The molecule has 0 bridgehead atoms. The predicted molar refractivity (Wildman–Crippen MR) is 334 cm³/mol. The molecule has 0 radical (unpaired) electrons. The van der Waals surface area contributed by atoms with E-state index in [1.54, 1.807) is 28.4 Å². The first-order chi connectivity index (χ1) is 39.1. The largest absolute Gasteiger partial charge is 0.497 e. The first-order valence-electron chi connectivity index (χ1n) is 26.9. The Kier molecular flexibility index (Phi) is 13.7. The van der Waals surface area contributed by atoms with Gasteiger partial charge in [-0.15, -0.1) is 0 Å². The van der Waals surface area contributed by atoms with Crippen molar-refractivity contribution in [3.8, 4) is 23.0 Å². The molecule has 8 heteroatoms. The maximum atomic E-state index is 5.76. The van der Waals surface area contributed by atoms with Crippen molar-refractivity contribution in [3.63, 3.8) is 0 Å². The zero-order chi connectivity index (χ0) is 55.0. The molecular weight excluding hydrogens is 985 g/mol. The summed E-state index contributed by atoms with van der Waals surface area (Å²) in [4.78, 5) is 9.57. The summed E-state index contributed by atoms with van der Waals surface area (Å²) in [5.74, 6) is 3.09. The third-order valence-corrected chi connectivity index (χ3v) is 15.3. The standard InChI is InChI=1S/C72H62N4O4/c1-47-9-17-51(18-10-47)73(52-19-11-48(2)12-20-52)67-45-69(75(55-25-33-59(77-5)34-26-55)56-27-35-60(78-6)36-28-56)65-44-42-64-68(74(53-21-13-49(3)14-22-53)54-23-15-50(4)16-24-54)46-70(66-43-41-63(67)71(65)72(64)66)76(57-29-37-61(79-7)38-30-57)58-31-39-62(80-8)40-32-58/h9-46H,1-8H3. The van der Waals surface area contributed by atoms with Crippen molar-refractivity contribution in [1.82, 2.24) is 0 Å². The molecule has 80 heavy (non-hydrogen) atoms. The Morgan fingerprint density at radius 1 is 0.212 bits per heavy atom. The maximum absolute atomic E-state index is 5.76. The number of anilines is 12. The fourth-order valence-electron chi connectivity index (χ4n) is 11.1. The quantitative estimate of drug-likeness (QED) is 0.0888. The second-order valence-electron chi connectivity index (χ2n) is 20.4. The molecule has 0 fully saturated rings. The highest BCUT2D eigenvalue weighted by Crippen LogP contribution is 2.55. The van der Waals surface area contributed by atoms with Crippen LogP contribution < -0.4 is 38.5 Å². The molecule has 8 nitrogen and oxygen atoms in total. The summed E-state index contributed by atoms with van der Waals surface area (Å²) in [7, 11) is 6.83. The van der Waals surface area contributed by atoms with Crippen molar-refractivity contribution < 1.29 is 18.9 Å². The molecule has 394 valence electrons. The molecule has 12 aromatic rings. The van der Waals surface area contributed by atoms with E-state index >= 15 is 0 Å². The van der Waals surface area contributed by atoms with Gasteiger partial charge in [0.2, 0.25) is 0 Å². The molecule has 0 aliphatic heterocycles. The van der Waals surface area contributed by atoms with Gasteiger partial charge in [0.1, 0.15) is 23.0 Å². The summed E-state index contributed by atoms with van der Waals surface area (Å²) < 4.78 is 23.1. The predicted octanol–water partition coefficient (Wildman–Crippen LogP) is 19.7. The molecule has 12 aromatic carbocycles. The van der Waals surface area contributed by atoms with Gasteiger partial charge < -0.3 is 38.5 Å². The molecule has 0 atom stereocenters. The zero-order valence-electron chi connectivity index (χ0n) is 46.4. The average molecular weight is 1050 g/mol. The number of hydrogen-bond acceptors (Lipinski definition) is 8. The number of aryl methyl sites for hydroxylation is 4. The fraction of sp³-hybridized carbons (Fsp3) is 0.111. The molecule has 0 N–H and O–H groups in total. The van der Waals surface area contributed by atoms with Crippen LogP contribution in [0.25, 0.3) is 32.3 Å². The summed E-state index contributed by atoms with van der Waals surface area (Å²) in [6, 6.07) is 82.9. The number of methoxy groups -OCH3 is 4. The van der Waals surface area contributed by atoms with Crippen LogP contribution in [0.5, 0.6) is 23.0 Å². The molecule has 0 heterocycles. The minimum absolute atomic E-state index is 0.773. The number of benzene rings is 12. The topological polar surface area (TPSA) is 49.9 Å². The number of hydrogen-bond donors (Lipinski definition) is 0. The van der Waals surface area contributed by atoms with Crippen molar-refractivity contribution in [3.05, 3.63) is 253 Å². The molecule has 0 aromatic heterocycles. The molecule has 0 amide bonds. The van der Waals surface area contributed by atoms with E-state index in [1.165, 1.54) is 22.3 Å². The Morgan fingerprint density at radius 3 is 0.537 bits per heavy atom. The summed E-state index contributed by atoms with van der Waals surface area (Å²) in [5, 5.41) is 6.55. The van der Waals surface area contributed by atoms with Crippen LogP contribution in [0.3, 0.4) is 0 Å². The van der Waals surface area contributed by atoms with Gasteiger partial charge in [0.25, 0.3) is 0 Å². The molecular formula is C72H62N4O4. The van der Waals surface area contributed by atoms with Crippen molar-refractivity contribution in [2.24, 2.45) is 0 Å². The minimum atomic E-state index is 0.773. The monoisotopic (exact) mass is 1050 g/mol. The zero-order valence-corrected chi connectivity index (χ0v) is 46.4. The van der Waals surface area contributed by atoms with Crippen LogP contribution in [0.15, 0.2) is 231 Å². The van der Waals surface area contributed by atoms with E-state index < -0.39 is 0 Å². The Morgan fingerprint density at radius 2 is 0.375 bits per heavy atom. The van der Waals surface area contributed by atoms with E-state index in [4.69, 9.17) is 18.9 Å². The van der Waals surface area contributed by atoms with Gasteiger partial charge in [0.15, 0.2) is 0 Å². The lowest BCUT2D eigenvalue weighted by molar-refractivity contribution is 0.414. The number of nitrogens with zero attached hydrogens (tertiary/aromatic N) is 4. The van der Waals surface area contributed by atoms with Crippen LogP contribution >= 0.6 is 0 Å². The smallest absolute Gasteiger partial charge is 0.119 e. The SMILES string of the molecule is COc1ccc(N(c2ccc(OC)cc2)c2cc(N(c3ccc(C)cc3)c3ccc(C)cc3)c3ccc4c(N(c5ccc(OC)cc5)c5ccc(OC)cc5)cc(N(c5ccc(C)cc5)c5ccc(C)cc5)c5ccc2c3c54)cc1. The van der Waals surface area contributed by atoms with Gasteiger partial charge in [-0.3, -0.25) is 0 Å². The van der Waals surface area contributed by atoms with Crippen molar-refractivity contribution in [2.75, 3.05) is 48.0 Å². The second kappa shape index (κ2) is 21.5. The molecule has 0 unspecified atom stereocenters. The van der Waals surface area contributed by atoms with Gasteiger partial charge in [-0.1, -0.05) is 95.1 Å². The van der Waals surface area contributed by atoms with E-state index in [1.807, 2.05) is 48.5 Å². The highest BCUT2D eigenvalue weighted by atomic mass is 16.5. The van der Waals surface area contributed by atoms with Gasteiger partial charge in [-0.25, -0.2) is 0 Å². The van der Waals surface area contributed by atoms with Crippen LogP contribution in [0.2, 0.25) is 0 Å². The summed E-state index contributed by atoms with van der Waals surface area (Å²) >= 11 is 0. The summed E-state index contributed by atoms with van der Waals surface area (Å²) in [6.45, 7) is 8.57. The maximum Gasteiger partial charge on any atom is 0.119 e. The molecule has 0 saturated heterocycles. The lowest BCUT2D eigenvalue weighted by atomic mass is 9.89. The van der Waals surface area contributed by atoms with E-state index in [0.29, 0.717) is 0 Å². The van der Waals surface area contributed by atoms with Crippen LogP contribution in [-0.4, -0.2) is 28.4 Å². The molecule has 0 saturated carbocycles. The Labute approximate surface area is 468 Å². The molecule has 0 spiro atoms. The summed E-state index contributed by atoms with van der Waals surface area (Å²) in [6.07, 6.45) is 0. The fourth-order valence-corrected chi connectivity index (χ4v) is 11.1. The number of rotatable bonds is 16. The van der Waals surface area contributed by atoms with Crippen LogP contribution in [-0.2, 0) is 0 Å². The van der Waals surface area contributed by atoms with E-state index in [0.717, 1.165) is 124 Å². The van der Waals surface area contributed by atoms with Crippen molar-refractivity contribution >= 4 is 101 Å².